The lowest BCUT2D eigenvalue weighted by Crippen LogP contribution is -1.77. The van der Waals surface area contributed by atoms with E-state index in [4.69, 9.17) is 0 Å². The molecular formula is C18H32. The third kappa shape index (κ3) is 15.2. The van der Waals surface area contributed by atoms with Gasteiger partial charge in [0.15, 0.2) is 0 Å². The molecule has 0 spiro atoms. The zero-order chi connectivity index (χ0) is 13.3. The van der Waals surface area contributed by atoms with Crippen molar-refractivity contribution in [2.75, 3.05) is 0 Å². The summed E-state index contributed by atoms with van der Waals surface area (Å²) in [6.45, 7) is 5.93. The van der Waals surface area contributed by atoms with Gasteiger partial charge < -0.3 is 0 Å². The fourth-order valence-electron chi connectivity index (χ4n) is 2.00. The zero-order valence-electron chi connectivity index (χ0n) is 12.4. The van der Waals surface area contributed by atoms with E-state index in [2.05, 4.69) is 31.7 Å². The third-order valence-electron chi connectivity index (χ3n) is 3.15. The van der Waals surface area contributed by atoms with Crippen molar-refractivity contribution >= 4 is 0 Å². The SMILES string of the molecule is C=CC=CCCCCCC=CCCCCCCC. The molecule has 0 fully saturated rings. The van der Waals surface area contributed by atoms with Crippen molar-refractivity contribution in [2.24, 2.45) is 0 Å². The van der Waals surface area contributed by atoms with E-state index in [1.165, 1.54) is 70.6 Å². The first kappa shape index (κ1) is 17.2. The quantitative estimate of drug-likeness (QED) is 0.196. The van der Waals surface area contributed by atoms with E-state index in [9.17, 15) is 0 Å². The molecule has 0 aromatic heterocycles. The first-order chi connectivity index (χ1) is 8.91. The molecule has 0 aliphatic carbocycles. The van der Waals surface area contributed by atoms with Crippen LogP contribution < -0.4 is 0 Å². The Bertz CT molecular complexity index is 210. The molecule has 18 heavy (non-hydrogen) atoms. The molecule has 0 aliphatic heterocycles. The average Bonchev–Trinajstić information content (AvgIpc) is 2.39. The van der Waals surface area contributed by atoms with Gasteiger partial charge in [0.05, 0.1) is 0 Å². The summed E-state index contributed by atoms with van der Waals surface area (Å²) < 4.78 is 0. The molecule has 0 bridgehead atoms. The maximum Gasteiger partial charge on any atom is -0.0348 e. The molecule has 0 radical (unpaired) electrons. The number of unbranched alkanes of at least 4 members (excludes halogenated alkanes) is 9. The van der Waals surface area contributed by atoms with Crippen molar-refractivity contribution in [1.82, 2.24) is 0 Å². The Morgan fingerprint density at radius 1 is 0.667 bits per heavy atom. The van der Waals surface area contributed by atoms with Crippen LogP contribution in [0, 0.1) is 0 Å². The predicted molar refractivity (Wildman–Crippen MR) is 84.9 cm³/mol. The van der Waals surface area contributed by atoms with Gasteiger partial charge in [-0.3, -0.25) is 0 Å². The molecule has 0 aromatic rings. The second-order valence-electron chi connectivity index (χ2n) is 4.98. The van der Waals surface area contributed by atoms with E-state index in [0.29, 0.717) is 0 Å². The molecule has 104 valence electrons. The van der Waals surface area contributed by atoms with Crippen LogP contribution in [0.15, 0.2) is 37.0 Å². The van der Waals surface area contributed by atoms with Gasteiger partial charge in [-0.1, -0.05) is 76.0 Å². The Kier molecular flexibility index (Phi) is 15.5. The second kappa shape index (κ2) is 16.2. The maximum atomic E-state index is 3.66. The fraction of sp³-hybridized carbons (Fsp3) is 0.667. The van der Waals surface area contributed by atoms with Crippen molar-refractivity contribution in [3.05, 3.63) is 37.0 Å². The number of allylic oxidation sites excluding steroid dienone is 5. The van der Waals surface area contributed by atoms with Crippen LogP contribution in [-0.2, 0) is 0 Å². The minimum atomic E-state index is 1.20. The highest BCUT2D eigenvalue weighted by Gasteiger charge is 1.87. The molecule has 0 heterocycles. The summed E-state index contributed by atoms with van der Waals surface area (Å²) >= 11 is 0. The van der Waals surface area contributed by atoms with Gasteiger partial charge in [0, 0.05) is 0 Å². The summed E-state index contributed by atoms with van der Waals surface area (Å²) in [7, 11) is 0. The van der Waals surface area contributed by atoms with Crippen molar-refractivity contribution in [2.45, 2.75) is 77.6 Å². The fourth-order valence-corrected chi connectivity index (χ4v) is 2.00. The van der Waals surface area contributed by atoms with E-state index in [1.807, 2.05) is 12.2 Å². The Morgan fingerprint density at radius 3 is 1.72 bits per heavy atom. The highest BCUT2D eigenvalue weighted by molar-refractivity contribution is 4.96. The van der Waals surface area contributed by atoms with Gasteiger partial charge in [0.25, 0.3) is 0 Å². The first-order valence-electron chi connectivity index (χ1n) is 7.84. The molecule has 0 nitrogen and oxygen atoms in total. The minimum absolute atomic E-state index is 1.20. The highest BCUT2D eigenvalue weighted by atomic mass is 13.9. The number of hydrogen-bond donors (Lipinski definition) is 0. The van der Waals surface area contributed by atoms with Crippen LogP contribution >= 0.6 is 0 Å². The van der Waals surface area contributed by atoms with E-state index in [0.717, 1.165) is 0 Å². The molecule has 0 heteroatoms. The lowest BCUT2D eigenvalue weighted by atomic mass is 10.1. The molecule has 0 amide bonds. The molecule has 0 N–H and O–H groups in total. The Labute approximate surface area is 115 Å². The average molecular weight is 248 g/mol. The monoisotopic (exact) mass is 248 g/mol. The minimum Gasteiger partial charge on any atom is -0.0991 e. The van der Waals surface area contributed by atoms with Crippen molar-refractivity contribution in [3.8, 4) is 0 Å². The van der Waals surface area contributed by atoms with Gasteiger partial charge in [-0.25, -0.2) is 0 Å². The lowest BCUT2D eigenvalue weighted by molar-refractivity contribution is 0.636. The largest absolute Gasteiger partial charge is 0.0991 e. The van der Waals surface area contributed by atoms with Crippen molar-refractivity contribution in [1.29, 1.82) is 0 Å². The molecule has 0 saturated carbocycles. The third-order valence-corrected chi connectivity index (χ3v) is 3.15. The summed E-state index contributed by atoms with van der Waals surface area (Å²) in [4.78, 5) is 0. The highest BCUT2D eigenvalue weighted by Crippen LogP contribution is 2.07. The Balaban J connectivity index is 3.08. The van der Waals surface area contributed by atoms with Crippen LogP contribution in [0.2, 0.25) is 0 Å². The van der Waals surface area contributed by atoms with Crippen molar-refractivity contribution < 1.29 is 0 Å². The predicted octanol–water partition coefficient (Wildman–Crippen LogP) is 6.60. The Hall–Kier alpha value is -0.780. The van der Waals surface area contributed by atoms with Crippen LogP contribution in [0.25, 0.3) is 0 Å². The summed E-state index contributed by atoms with van der Waals surface area (Å²) in [6.07, 6.45) is 25.6. The van der Waals surface area contributed by atoms with E-state index in [-0.39, 0.29) is 0 Å². The number of rotatable bonds is 13. The zero-order valence-corrected chi connectivity index (χ0v) is 12.4. The normalized spacial score (nSPS) is 11.6. The lowest BCUT2D eigenvalue weighted by Gasteiger charge is -1.97. The maximum absolute atomic E-state index is 3.66. The summed E-state index contributed by atoms with van der Waals surface area (Å²) in [5.74, 6) is 0. The van der Waals surface area contributed by atoms with Gasteiger partial charge in [-0.05, 0) is 38.5 Å². The van der Waals surface area contributed by atoms with E-state index in [1.54, 1.807) is 0 Å². The van der Waals surface area contributed by atoms with Gasteiger partial charge in [0.2, 0.25) is 0 Å². The standard InChI is InChI=1S/C18H32/c1-3-5-7-9-11-13-15-17-18-16-14-12-10-8-6-4-2/h3,5,7,16,18H,1,4,6,8-15,17H2,2H3. The van der Waals surface area contributed by atoms with Gasteiger partial charge in [0.1, 0.15) is 0 Å². The first-order valence-corrected chi connectivity index (χ1v) is 7.84. The summed E-state index contributed by atoms with van der Waals surface area (Å²) in [5, 5.41) is 0. The van der Waals surface area contributed by atoms with E-state index >= 15 is 0 Å². The summed E-state index contributed by atoms with van der Waals surface area (Å²) in [6, 6.07) is 0. The molecule has 0 saturated heterocycles. The molecule has 0 atom stereocenters. The summed E-state index contributed by atoms with van der Waals surface area (Å²) in [5.41, 5.74) is 0. The molecule has 0 aliphatic rings. The van der Waals surface area contributed by atoms with Gasteiger partial charge in [-0.2, -0.15) is 0 Å². The van der Waals surface area contributed by atoms with Gasteiger partial charge >= 0.3 is 0 Å². The Morgan fingerprint density at radius 2 is 1.17 bits per heavy atom. The van der Waals surface area contributed by atoms with Gasteiger partial charge in [-0.15, -0.1) is 0 Å². The molecule has 0 unspecified atom stereocenters. The van der Waals surface area contributed by atoms with E-state index < -0.39 is 0 Å². The molecule has 0 aromatic carbocycles. The number of hydrogen-bond acceptors (Lipinski definition) is 0. The van der Waals surface area contributed by atoms with Crippen LogP contribution in [-0.4, -0.2) is 0 Å². The second-order valence-corrected chi connectivity index (χ2v) is 4.98. The topological polar surface area (TPSA) is 0 Å². The smallest absolute Gasteiger partial charge is 0.0348 e. The van der Waals surface area contributed by atoms with Crippen LogP contribution in [0.1, 0.15) is 77.6 Å². The van der Waals surface area contributed by atoms with Crippen LogP contribution in [0.3, 0.4) is 0 Å². The molecular weight excluding hydrogens is 216 g/mol. The molecule has 0 rings (SSSR count). The van der Waals surface area contributed by atoms with Crippen molar-refractivity contribution in [3.63, 3.8) is 0 Å². The van der Waals surface area contributed by atoms with Crippen LogP contribution in [0.5, 0.6) is 0 Å². The van der Waals surface area contributed by atoms with Crippen LogP contribution in [0.4, 0.5) is 0 Å².